The Morgan fingerprint density at radius 2 is 1.52 bits per heavy atom. The molecule has 4 nitrogen and oxygen atoms in total. The Labute approximate surface area is 183 Å². The van der Waals surface area contributed by atoms with Crippen LogP contribution in [-0.4, -0.2) is 24.0 Å². The molecular formula is C27H28O4. The minimum absolute atomic E-state index is 0.0537. The van der Waals surface area contributed by atoms with Crippen molar-refractivity contribution in [1.82, 2.24) is 0 Å². The highest BCUT2D eigenvalue weighted by Gasteiger charge is 2.09. The van der Waals surface area contributed by atoms with Gasteiger partial charge in [-0.2, -0.15) is 0 Å². The molecule has 0 spiro atoms. The monoisotopic (exact) mass is 416 g/mol. The van der Waals surface area contributed by atoms with Crippen LogP contribution < -0.4 is 0 Å². The molecule has 0 heterocycles. The molecule has 0 amide bonds. The van der Waals surface area contributed by atoms with Gasteiger partial charge in [0.25, 0.3) is 0 Å². The quantitative estimate of drug-likeness (QED) is 0.250. The fourth-order valence-electron chi connectivity index (χ4n) is 3.44. The van der Waals surface area contributed by atoms with Gasteiger partial charge in [-0.3, -0.25) is 4.79 Å². The second kappa shape index (κ2) is 11.1. The van der Waals surface area contributed by atoms with Crippen molar-refractivity contribution in [2.24, 2.45) is 0 Å². The average molecular weight is 417 g/mol. The molecule has 3 rings (SSSR count). The number of phenols is 1. The summed E-state index contributed by atoms with van der Waals surface area (Å²) in [6, 6.07) is 20.8. The summed E-state index contributed by atoms with van der Waals surface area (Å²) >= 11 is 0. The zero-order chi connectivity index (χ0) is 22.1. The lowest BCUT2D eigenvalue weighted by atomic mass is 10.0. The van der Waals surface area contributed by atoms with Crippen LogP contribution in [0.3, 0.4) is 0 Å². The molecule has 3 aromatic carbocycles. The molecule has 1 N–H and O–H groups in total. The highest BCUT2D eigenvalue weighted by atomic mass is 16.5. The molecule has 3 aromatic rings. The second-order valence-electron chi connectivity index (χ2n) is 7.63. The Balaban J connectivity index is 1.53. The number of rotatable bonds is 10. The van der Waals surface area contributed by atoms with Crippen molar-refractivity contribution in [2.75, 3.05) is 6.61 Å². The number of phenolic OH excluding ortho intramolecular Hbond substituents is 1. The van der Waals surface area contributed by atoms with Gasteiger partial charge in [-0.15, -0.1) is 0 Å². The number of ether oxygens (including phenoxy) is 1. The molecule has 160 valence electrons. The first-order valence-corrected chi connectivity index (χ1v) is 10.7. The standard InChI is InChI=1S/C27H28O4/c1-2-3-4-5-20-6-9-22(10-7-20)23-11-13-24(14-12-23)27(30)31-17-16-21-8-15-26(29)25(18-21)19-28/h6-15,18-19,29H,2-5,16-17H2,1H3. The van der Waals surface area contributed by atoms with Crippen molar-refractivity contribution < 1.29 is 19.4 Å². The van der Waals surface area contributed by atoms with E-state index in [2.05, 4.69) is 31.2 Å². The first-order chi connectivity index (χ1) is 15.1. The fourth-order valence-corrected chi connectivity index (χ4v) is 3.44. The molecule has 0 atom stereocenters. The summed E-state index contributed by atoms with van der Waals surface area (Å²) in [5.41, 5.74) is 5.08. The van der Waals surface area contributed by atoms with Crippen LogP contribution in [0.2, 0.25) is 0 Å². The number of aldehydes is 1. The number of esters is 1. The van der Waals surface area contributed by atoms with Gasteiger partial charge in [-0.1, -0.05) is 62.2 Å². The summed E-state index contributed by atoms with van der Waals surface area (Å²) in [7, 11) is 0. The van der Waals surface area contributed by atoms with E-state index in [0.29, 0.717) is 18.3 Å². The maximum atomic E-state index is 12.3. The SMILES string of the molecule is CCCCCc1ccc(-c2ccc(C(=O)OCCc3ccc(O)c(C=O)c3)cc2)cc1. The van der Waals surface area contributed by atoms with Gasteiger partial charge in [0.15, 0.2) is 6.29 Å². The molecule has 0 unspecified atom stereocenters. The summed E-state index contributed by atoms with van der Waals surface area (Å²) in [6.45, 7) is 2.41. The van der Waals surface area contributed by atoms with E-state index in [1.165, 1.54) is 30.9 Å². The molecule has 0 bridgehead atoms. The van der Waals surface area contributed by atoms with E-state index in [4.69, 9.17) is 4.74 Å². The lowest BCUT2D eigenvalue weighted by Crippen LogP contribution is -2.08. The third kappa shape index (κ3) is 6.29. The number of unbranched alkanes of at least 4 members (excludes halogenated alkanes) is 2. The molecule has 0 aromatic heterocycles. The van der Waals surface area contributed by atoms with Crippen LogP contribution in [-0.2, 0) is 17.6 Å². The largest absolute Gasteiger partial charge is 0.507 e. The van der Waals surface area contributed by atoms with E-state index in [1.54, 1.807) is 24.3 Å². The number of aromatic hydroxyl groups is 1. The molecule has 0 fully saturated rings. The summed E-state index contributed by atoms with van der Waals surface area (Å²) in [5.74, 6) is -0.436. The van der Waals surface area contributed by atoms with Gasteiger partial charge in [0.1, 0.15) is 5.75 Å². The van der Waals surface area contributed by atoms with E-state index >= 15 is 0 Å². The normalized spacial score (nSPS) is 10.6. The van der Waals surface area contributed by atoms with Crippen molar-refractivity contribution in [1.29, 1.82) is 0 Å². The van der Waals surface area contributed by atoms with Crippen molar-refractivity contribution in [2.45, 2.75) is 39.0 Å². The Hall–Kier alpha value is -3.40. The number of hydrogen-bond acceptors (Lipinski definition) is 4. The molecule has 0 aliphatic carbocycles. The van der Waals surface area contributed by atoms with Crippen molar-refractivity contribution in [3.63, 3.8) is 0 Å². The number of benzene rings is 3. The summed E-state index contributed by atoms with van der Waals surface area (Å²) in [5, 5.41) is 9.54. The van der Waals surface area contributed by atoms with E-state index in [0.717, 1.165) is 23.1 Å². The van der Waals surface area contributed by atoms with Crippen LogP contribution in [0.15, 0.2) is 66.7 Å². The van der Waals surface area contributed by atoms with Gasteiger partial charge < -0.3 is 9.84 Å². The van der Waals surface area contributed by atoms with Gasteiger partial charge in [0.05, 0.1) is 17.7 Å². The molecule has 0 radical (unpaired) electrons. The predicted octanol–water partition coefficient (Wildman–Crippen LogP) is 6.00. The Bertz CT molecular complexity index is 1000. The third-order valence-corrected chi connectivity index (χ3v) is 5.32. The lowest BCUT2D eigenvalue weighted by Gasteiger charge is -2.08. The van der Waals surface area contributed by atoms with Crippen LogP contribution in [0.4, 0.5) is 0 Å². The van der Waals surface area contributed by atoms with Gasteiger partial charge in [-0.05, 0) is 59.4 Å². The van der Waals surface area contributed by atoms with Crippen molar-refractivity contribution >= 4 is 12.3 Å². The fraction of sp³-hybridized carbons (Fsp3) is 0.259. The van der Waals surface area contributed by atoms with Crippen LogP contribution in [0, 0.1) is 0 Å². The van der Waals surface area contributed by atoms with E-state index in [-0.39, 0.29) is 23.9 Å². The van der Waals surface area contributed by atoms with Crippen LogP contribution in [0.25, 0.3) is 11.1 Å². The number of aryl methyl sites for hydroxylation is 1. The third-order valence-electron chi connectivity index (χ3n) is 5.32. The Morgan fingerprint density at radius 3 is 2.16 bits per heavy atom. The average Bonchev–Trinajstić information content (AvgIpc) is 2.81. The highest BCUT2D eigenvalue weighted by Crippen LogP contribution is 2.22. The molecule has 0 aliphatic heterocycles. The molecule has 0 aliphatic rings. The van der Waals surface area contributed by atoms with E-state index < -0.39 is 0 Å². The second-order valence-corrected chi connectivity index (χ2v) is 7.63. The van der Waals surface area contributed by atoms with Crippen LogP contribution >= 0.6 is 0 Å². The molecule has 4 heteroatoms. The van der Waals surface area contributed by atoms with Gasteiger partial charge in [0, 0.05) is 6.42 Å². The maximum absolute atomic E-state index is 12.3. The number of hydrogen-bond donors (Lipinski definition) is 1. The van der Waals surface area contributed by atoms with E-state index in [9.17, 15) is 14.7 Å². The zero-order valence-corrected chi connectivity index (χ0v) is 17.8. The van der Waals surface area contributed by atoms with Gasteiger partial charge in [-0.25, -0.2) is 4.79 Å². The zero-order valence-electron chi connectivity index (χ0n) is 17.8. The molecule has 0 saturated carbocycles. The topological polar surface area (TPSA) is 63.6 Å². The summed E-state index contributed by atoms with van der Waals surface area (Å²) in [4.78, 5) is 23.2. The first kappa shape index (κ1) is 22.3. The first-order valence-electron chi connectivity index (χ1n) is 10.7. The number of carbonyl (C=O) groups is 2. The summed E-state index contributed by atoms with van der Waals surface area (Å²) in [6.07, 6.45) is 5.89. The Kier molecular flexibility index (Phi) is 7.99. The van der Waals surface area contributed by atoms with Gasteiger partial charge >= 0.3 is 5.97 Å². The van der Waals surface area contributed by atoms with Crippen LogP contribution in [0.1, 0.15) is 58.0 Å². The minimum atomic E-state index is -0.382. The van der Waals surface area contributed by atoms with E-state index in [1.807, 2.05) is 12.1 Å². The molecule has 0 saturated heterocycles. The maximum Gasteiger partial charge on any atom is 0.338 e. The summed E-state index contributed by atoms with van der Waals surface area (Å²) < 4.78 is 5.35. The number of carbonyl (C=O) groups excluding carboxylic acids is 2. The predicted molar refractivity (Wildman–Crippen MR) is 123 cm³/mol. The van der Waals surface area contributed by atoms with Crippen molar-refractivity contribution in [3.05, 3.63) is 89.0 Å². The smallest absolute Gasteiger partial charge is 0.338 e. The molecule has 31 heavy (non-hydrogen) atoms. The lowest BCUT2D eigenvalue weighted by molar-refractivity contribution is 0.0509. The van der Waals surface area contributed by atoms with Gasteiger partial charge in [0.2, 0.25) is 0 Å². The minimum Gasteiger partial charge on any atom is -0.507 e. The van der Waals surface area contributed by atoms with Crippen LogP contribution in [0.5, 0.6) is 5.75 Å². The molecular weight excluding hydrogens is 388 g/mol. The highest BCUT2D eigenvalue weighted by molar-refractivity contribution is 5.90. The van der Waals surface area contributed by atoms with Crippen molar-refractivity contribution in [3.8, 4) is 16.9 Å². The Morgan fingerprint density at radius 1 is 0.871 bits per heavy atom.